The molecule has 0 radical (unpaired) electrons. The van der Waals surface area contributed by atoms with Crippen LogP contribution in [0.25, 0.3) is 0 Å². The van der Waals surface area contributed by atoms with E-state index >= 15 is 0 Å². The van der Waals surface area contributed by atoms with Crippen LogP contribution in [0.1, 0.15) is 0 Å². The third-order valence-electron chi connectivity index (χ3n) is 0. The van der Waals surface area contributed by atoms with Gasteiger partial charge in [0.05, 0.1) is 0 Å². The van der Waals surface area contributed by atoms with Gasteiger partial charge in [0, 0.05) is 16.5 Å². The Morgan fingerprint density at radius 3 is 0.600 bits per heavy atom. The van der Waals surface area contributed by atoms with Crippen molar-refractivity contribution in [2.75, 3.05) is 0 Å². The molecule has 0 heterocycles. The molecule has 0 rings (SSSR count). The van der Waals surface area contributed by atoms with Crippen LogP contribution in [0.15, 0.2) is 26.3 Å². The van der Waals surface area contributed by atoms with E-state index in [0.29, 0.717) is 0 Å². The summed E-state index contributed by atoms with van der Waals surface area (Å²) in [6.07, 6.45) is 0. The van der Waals surface area contributed by atoms with Gasteiger partial charge in [0.1, 0.15) is 0 Å². The number of rotatable bonds is 0. The molecule has 5 heavy (non-hydrogen) atoms. The first kappa shape index (κ1) is 20.2. The van der Waals surface area contributed by atoms with E-state index in [1.165, 1.54) is 0 Å². The van der Waals surface area contributed by atoms with Crippen molar-refractivity contribution in [1.29, 1.82) is 0 Å². The summed E-state index contributed by atoms with van der Waals surface area (Å²) in [5.74, 6) is 0. The van der Waals surface area contributed by atoms with Gasteiger partial charge in [-0.1, -0.05) is 0 Å². The monoisotopic (exact) mass is 114 g/mol. The molecule has 0 atom stereocenters. The molecule has 0 aliphatic heterocycles. The average molecular weight is 115 g/mol. The van der Waals surface area contributed by atoms with Crippen molar-refractivity contribution in [1.82, 2.24) is 0 Å². The molecule has 34 valence electrons. The van der Waals surface area contributed by atoms with Gasteiger partial charge in [0.15, 0.2) is 0 Å². The van der Waals surface area contributed by atoms with E-state index < -0.39 is 0 Å². The van der Waals surface area contributed by atoms with Gasteiger partial charge in [-0.3, -0.25) is 0 Å². The van der Waals surface area contributed by atoms with Crippen molar-refractivity contribution in [2.24, 2.45) is 0 Å². The van der Waals surface area contributed by atoms with Gasteiger partial charge in [-0.2, -0.15) is 0 Å². The standard InChI is InChI=1S/2C2H4.Ni/c2*1-2;/h2*1-2H2;. The maximum absolute atomic E-state index is 3.00. The molecule has 0 bridgehead atoms. The second-order valence-electron chi connectivity index (χ2n) is 0. The van der Waals surface area contributed by atoms with Crippen molar-refractivity contribution < 1.29 is 16.5 Å². The van der Waals surface area contributed by atoms with Crippen molar-refractivity contribution in [3.8, 4) is 0 Å². The third-order valence-corrected chi connectivity index (χ3v) is 0. The minimum Gasteiger partial charge on any atom is -0.106 e. The molecule has 0 spiro atoms. The number of hydrogen-bond acceptors (Lipinski definition) is 0. The molecule has 1 heteroatoms. The molecule has 0 saturated carbocycles. The van der Waals surface area contributed by atoms with Crippen LogP contribution in [0.2, 0.25) is 0 Å². The molecular formula is C4H8Ni. The summed E-state index contributed by atoms with van der Waals surface area (Å²) < 4.78 is 0. The molecule has 0 nitrogen and oxygen atoms in total. The number of hydrogen-bond donors (Lipinski definition) is 0. The molecule has 0 saturated heterocycles. The second kappa shape index (κ2) is 50100. The largest absolute Gasteiger partial charge is 0.106 e. The van der Waals surface area contributed by atoms with Crippen LogP contribution >= 0.6 is 0 Å². The summed E-state index contributed by atoms with van der Waals surface area (Å²) >= 11 is 0. The SMILES string of the molecule is C=C.C=C.[Ni]. The quantitative estimate of drug-likeness (QED) is 0.332. The van der Waals surface area contributed by atoms with E-state index in [1.54, 1.807) is 0 Å². The van der Waals surface area contributed by atoms with Crippen molar-refractivity contribution in [2.45, 2.75) is 0 Å². The van der Waals surface area contributed by atoms with E-state index in [-0.39, 0.29) is 16.5 Å². The van der Waals surface area contributed by atoms with Crippen LogP contribution < -0.4 is 0 Å². The Kier molecular flexibility index (Phi) is 202000. The summed E-state index contributed by atoms with van der Waals surface area (Å²) in [6.45, 7) is 12.0. The van der Waals surface area contributed by atoms with Gasteiger partial charge in [0.25, 0.3) is 0 Å². The minimum absolute atomic E-state index is 0. The fraction of sp³-hybridized carbons (Fsp3) is 0. The van der Waals surface area contributed by atoms with Gasteiger partial charge in [0.2, 0.25) is 0 Å². The third kappa shape index (κ3) is 22000. The Balaban J connectivity index is -0.0000000133. The second-order valence-corrected chi connectivity index (χ2v) is 0. The van der Waals surface area contributed by atoms with Crippen LogP contribution in [-0.4, -0.2) is 0 Å². The van der Waals surface area contributed by atoms with Crippen LogP contribution in [0.4, 0.5) is 0 Å². The summed E-state index contributed by atoms with van der Waals surface area (Å²) in [4.78, 5) is 0. The Hall–Kier alpha value is -0.0265. The van der Waals surface area contributed by atoms with E-state index in [0.717, 1.165) is 0 Å². The molecule has 0 fully saturated rings. The molecule has 0 N–H and O–H groups in total. The van der Waals surface area contributed by atoms with Crippen LogP contribution in [0, 0.1) is 0 Å². The zero-order chi connectivity index (χ0) is 4.00. The zero-order valence-electron chi connectivity index (χ0n) is 3.14. The van der Waals surface area contributed by atoms with Gasteiger partial charge in [-0.25, -0.2) is 0 Å². The average Bonchev–Trinajstić information content (AvgIpc) is 1.50. The van der Waals surface area contributed by atoms with Crippen molar-refractivity contribution >= 4 is 0 Å². The minimum atomic E-state index is 0. The molecule has 0 aromatic carbocycles. The summed E-state index contributed by atoms with van der Waals surface area (Å²) in [5.41, 5.74) is 0. The van der Waals surface area contributed by atoms with Crippen LogP contribution in [0.3, 0.4) is 0 Å². The summed E-state index contributed by atoms with van der Waals surface area (Å²) in [7, 11) is 0. The Labute approximate surface area is 43.5 Å². The molecule has 0 aliphatic carbocycles. The molecule has 0 aliphatic rings. The Bertz CT molecular complexity index is 5.61. The molecular weight excluding hydrogens is 107 g/mol. The summed E-state index contributed by atoms with van der Waals surface area (Å²) in [5, 5.41) is 0. The van der Waals surface area contributed by atoms with Crippen molar-refractivity contribution in [3.63, 3.8) is 0 Å². The topological polar surface area (TPSA) is 0 Å². The van der Waals surface area contributed by atoms with Gasteiger partial charge >= 0.3 is 0 Å². The van der Waals surface area contributed by atoms with E-state index in [1.807, 2.05) is 0 Å². The van der Waals surface area contributed by atoms with Gasteiger partial charge in [-0.15, -0.1) is 26.3 Å². The first-order valence-corrected chi connectivity index (χ1v) is 1.000. The molecule has 0 amide bonds. The van der Waals surface area contributed by atoms with Crippen LogP contribution in [0.5, 0.6) is 0 Å². The predicted octanol–water partition coefficient (Wildman–Crippen LogP) is 1.60. The maximum atomic E-state index is 3.00. The van der Waals surface area contributed by atoms with E-state index in [9.17, 15) is 0 Å². The Morgan fingerprint density at radius 2 is 0.600 bits per heavy atom. The summed E-state index contributed by atoms with van der Waals surface area (Å²) in [6, 6.07) is 0. The zero-order valence-corrected chi connectivity index (χ0v) is 4.13. The van der Waals surface area contributed by atoms with Gasteiger partial charge < -0.3 is 0 Å². The van der Waals surface area contributed by atoms with Gasteiger partial charge in [-0.05, 0) is 0 Å². The predicted molar refractivity (Wildman–Crippen MR) is 22.5 cm³/mol. The first-order chi connectivity index (χ1) is 2.00. The molecule has 0 aromatic rings. The van der Waals surface area contributed by atoms with Crippen molar-refractivity contribution in [3.05, 3.63) is 26.3 Å². The maximum Gasteiger partial charge on any atom is 0 e. The normalized spacial score (nSPS) is 1.60. The van der Waals surface area contributed by atoms with E-state index in [4.69, 9.17) is 0 Å². The van der Waals surface area contributed by atoms with E-state index in [2.05, 4.69) is 26.3 Å². The fourth-order valence-corrected chi connectivity index (χ4v) is 0. The molecule has 0 unspecified atom stereocenters. The first-order valence-electron chi connectivity index (χ1n) is 1.000. The fourth-order valence-electron chi connectivity index (χ4n) is 0. The van der Waals surface area contributed by atoms with Crippen LogP contribution in [-0.2, 0) is 16.5 Å². The Morgan fingerprint density at radius 1 is 0.600 bits per heavy atom. The molecule has 0 aromatic heterocycles. The smallest absolute Gasteiger partial charge is 0 e.